The van der Waals surface area contributed by atoms with Gasteiger partial charge >= 0.3 is 0 Å². The average molecular weight is 185 g/mol. The SMILES string of the molecule is CCC(O)C(=O)N1C(C)CCC1C. The van der Waals surface area contributed by atoms with Gasteiger partial charge in [-0.2, -0.15) is 0 Å². The second-order valence-electron chi connectivity index (χ2n) is 3.94. The Balaban J connectivity index is 2.64. The highest BCUT2D eigenvalue weighted by Gasteiger charge is 2.33. The Morgan fingerprint density at radius 3 is 2.31 bits per heavy atom. The van der Waals surface area contributed by atoms with E-state index in [0.29, 0.717) is 18.5 Å². The molecule has 0 saturated carbocycles. The molecule has 1 saturated heterocycles. The van der Waals surface area contributed by atoms with Gasteiger partial charge in [-0.1, -0.05) is 6.92 Å². The first-order valence-corrected chi connectivity index (χ1v) is 5.08. The summed E-state index contributed by atoms with van der Waals surface area (Å²) in [4.78, 5) is 13.5. The third kappa shape index (κ3) is 2.02. The Bertz CT molecular complexity index is 183. The molecule has 3 heteroatoms. The van der Waals surface area contributed by atoms with Gasteiger partial charge in [-0.25, -0.2) is 0 Å². The van der Waals surface area contributed by atoms with Gasteiger partial charge < -0.3 is 10.0 Å². The lowest BCUT2D eigenvalue weighted by atomic mass is 10.2. The van der Waals surface area contributed by atoms with Crippen LogP contribution in [0.15, 0.2) is 0 Å². The molecule has 0 aliphatic carbocycles. The van der Waals surface area contributed by atoms with Gasteiger partial charge in [0, 0.05) is 12.1 Å². The van der Waals surface area contributed by atoms with Gasteiger partial charge in [-0.05, 0) is 33.1 Å². The number of rotatable bonds is 2. The molecule has 3 unspecified atom stereocenters. The van der Waals surface area contributed by atoms with E-state index in [0.717, 1.165) is 12.8 Å². The fourth-order valence-corrected chi connectivity index (χ4v) is 1.98. The number of carbonyl (C=O) groups excluding carboxylic acids is 1. The van der Waals surface area contributed by atoms with E-state index in [1.54, 1.807) is 0 Å². The minimum Gasteiger partial charge on any atom is -0.383 e. The van der Waals surface area contributed by atoms with E-state index in [-0.39, 0.29) is 5.91 Å². The molecule has 3 atom stereocenters. The lowest BCUT2D eigenvalue weighted by Crippen LogP contribution is -2.44. The van der Waals surface area contributed by atoms with Gasteiger partial charge in [-0.15, -0.1) is 0 Å². The zero-order chi connectivity index (χ0) is 10.0. The molecule has 1 fully saturated rings. The first-order chi connectivity index (χ1) is 6.07. The molecule has 1 aliphatic rings. The Hall–Kier alpha value is -0.570. The second-order valence-corrected chi connectivity index (χ2v) is 3.94. The smallest absolute Gasteiger partial charge is 0.251 e. The van der Waals surface area contributed by atoms with Crippen molar-refractivity contribution in [1.82, 2.24) is 4.90 Å². The molecule has 0 aromatic heterocycles. The number of carbonyl (C=O) groups is 1. The van der Waals surface area contributed by atoms with E-state index in [4.69, 9.17) is 0 Å². The summed E-state index contributed by atoms with van der Waals surface area (Å²) in [6, 6.07) is 0.590. The standard InChI is InChI=1S/C10H19NO2/c1-4-9(12)10(13)11-7(2)5-6-8(11)3/h7-9,12H,4-6H2,1-3H3. The molecule has 3 nitrogen and oxygen atoms in total. The van der Waals surface area contributed by atoms with Crippen LogP contribution in [0.25, 0.3) is 0 Å². The molecule has 0 aromatic rings. The van der Waals surface area contributed by atoms with Crippen LogP contribution in [-0.4, -0.2) is 34.1 Å². The van der Waals surface area contributed by atoms with Crippen LogP contribution < -0.4 is 0 Å². The second kappa shape index (κ2) is 4.09. The molecule has 1 rings (SSSR count). The number of nitrogens with zero attached hydrogens (tertiary/aromatic N) is 1. The molecule has 0 radical (unpaired) electrons. The third-order valence-corrected chi connectivity index (χ3v) is 2.88. The van der Waals surface area contributed by atoms with Crippen LogP contribution in [0.2, 0.25) is 0 Å². The van der Waals surface area contributed by atoms with E-state index in [9.17, 15) is 9.90 Å². The summed E-state index contributed by atoms with van der Waals surface area (Å²) in [5.74, 6) is -0.0972. The van der Waals surface area contributed by atoms with Crippen LogP contribution in [0.4, 0.5) is 0 Å². The molecular formula is C10H19NO2. The van der Waals surface area contributed by atoms with Crippen LogP contribution in [0.1, 0.15) is 40.0 Å². The van der Waals surface area contributed by atoms with Crippen molar-refractivity contribution >= 4 is 5.91 Å². The topological polar surface area (TPSA) is 40.5 Å². The van der Waals surface area contributed by atoms with Gasteiger partial charge in [0.05, 0.1) is 0 Å². The monoisotopic (exact) mass is 185 g/mol. The third-order valence-electron chi connectivity index (χ3n) is 2.88. The van der Waals surface area contributed by atoms with Gasteiger partial charge in [0.2, 0.25) is 0 Å². The molecule has 13 heavy (non-hydrogen) atoms. The summed E-state index contributed by atoms with van der Waals surface area (Å²) in [5.41, 5.74) is 0. The van der Waals surface area contributed by atoms with Crippen LogP contribution >= 0.6 is 0 Å². The number of aliphatic hydroxyl groups excluding tert-OH is 1. The molecule has 0 spiro atoms. The summed E-state index contributed by atoms with van der Waals surface area (Å²) in [6.07, 6.45) is 1.82. The normalized spacial score (nSPS) is 30.6. The maximum Gasteiger partial charge on any atom is 0.251 e. The number of amides is 1. The highest BCUT2D eigenvalue weighted by Crippen LogP contribution is 2.24. The fraction of sp³-hybridized carbons (Fsp3) is 0.900. The highest BCUT2D eigenvalue weighted by atomic mass is 16.3. The van der Waals surface area contributed by atoms with Crippen molar-refractivity contribution in [2.75, 3.05) is 0 Å². The first-order valence-electron chi connectivity index (χ1n) is 5.08. The fourth-order valence-electron chi connectivity index (χ4n) is 1.98. The average Bonchev–Trinajstić information content (AvgIpc) is 2.44. The van der Waals surface area contributed by atoms with E-state index in [2.05, 4.69) is 0 Å². The van der Waals surface area contributed by atoms with Crippen molar-refractivity contribution in [3.8, 4) is 0 Å². The maximum atomic E-state index is 11.7. The lowest BCUT2D eigenvalue weighted by Gasteiger charge is -2.28. The Kier molecular flexibility index (Phi) is 3.31. The Morgan fingerprint density at radius 2 is 1.92 bits per heavy atom. The molecule has 1 heterocycles. The molecule has 1 amide bonds. The van der Waals surface area contributed by atoms with E-state index >= 15 is 0 Å². The van der Waals surface area contributed by atoms with Crippen molar-refractivity contribution in [1.29, 1.82) is 0 Å². The highest BCUT2D eigenvalue weighted by molar-refractivity contribution is 5.81. The maximum absolute atomic E-state index is 11.7. The van der Waals surface area contributed by atoms with Crippen molar-refractivity contribution in [2.24, 2.45) is 0 Å². The quantitative estimate of drug-likeness (QED) is 0.701. The molecule has 1 N–H and O–H groups in total. The zero-order valence-corrected chi connectivity index (χ0v) is 8.66. The number of hydrogen-bond donors (Lipinski definition) is 1. The minimum atomic E-state index is -0.803. The van der Waals surface area contributed by atoms with Crippen molar-refractivity contribution < 1.29 is 9.90 Å². The molecule has 0 aromatic carbocycles. The Morgan fingerprint density at radius 1 is 1.46 bits per heavy atom. The molecule has 76 valence electrons. The summed E-state index contributed by atoms with van der Waals surface area (Å²) >= 11 is 0. The number of likely N-dealkylation sites (tertiary alicyclic amines) is 1. The van der Waals surface area contributed by atoms with E-state index in [1.807, 2.05) is 25.7 Å². The Labute approximate surface area is 79.7 Å². The van der Waals surface area contributed by atoms with Crippen molar-refractivity contribution in [3.63, 3.8) is 0 Å². The predicted molar refractivity (Wildman–Crippen MR) is 51.3 cm³/mol. The largest absolute Gasteiger partial charge is 0.383 e. The molecular weight excluding hydrogens is 166 g/mol. The van der Waals surface area contributed by atoms with Gasteiger partial charge in [0.25, 0.3) is 5.91 Å². The van der Waals surface area contributed by atoms with Crippen LogP contribution in [0.5, 0.6) is 0 Å². The molecule has 0 bridgehead atoms. The van der Waals surface area contributed by atoms with Crippen molar-refractivity contribution in [3.05, 3.63) is 0 Å². The first kappa shape index (κ1) is 10.5. The van der Waals surface area contributed by atoms with Crippen LogP contribution in [-0.2, 0) is 4.79 Å². The van der Waals surface area contributed by atoms with Crippen molar-refractivity contribution in [2.45, 2.75) is 58.2 Å². The predicted octanol–water partition coefficient (Wildman–Crippen LogP) is 1.16. The van der Waals surface area contributed by atoms with E-state index in [1.165, 1.54) is 0 Å². The summed E-state index contributed by atoms with van der Waals surface area (Å²) in [7, 11) is 0. The zero-order valence-electron chi connectivity index (χ0n) is 8.66. The number of hydrogen-bond acceptors (Lipinski definition) is 2. The lowest BCUT2D eigenvalue weighted by molar-refractivity contribution is -0.142. The summed E-state index contributed by atoms with van der Waals surface area (Å²) < 4.78 is 0. The summed E-state index contributed by atoms with van der Waals surface area (Å²) in [5, 5.41) is 9.43. The van der Waals surface area contributed by atoms with Gasteiger partial charge in [-0.3, -0.25) is 4.79 Å². The summed E-state index contributed by atoms with van der Waals surface area (Å²) in [6.45, 7) is 5.92. The number of aliphatic hydroxyl groups is 1. The van der Waals surface area contributed by atoms with Gasteiger partial charge in [0.1, 0.15) is 6.10 Å². The van der Waals surface area contributed by atoms with Gasteiger partial charge in [0.15, 0.2) is 0 Å². The van der Waals surface area contributed by atoms with E-state index < -0.39 is 6.10 Å². The molecule has 1 aliphatic heterocycles. The minimum absolute atomic E-state index is 0.0972. The van der Waals surface area contributed by atoms with Crippen LogP contribution in [0.3, 0.4) is 0 Å². The van der Waals surface area contributed by atoms with Crippen LogP contribution in [0, 0.1) is 0 Å².